The van der Waals surface area contributed by atoms with Crippen LogP contribution in [0.4, 0.5) is 11.6 Å². The first-order valence-corrected chi connectivity index (χ1v) is 10.7. The molecule has 0 aliphatic rings. The lowest BCUT2D eigenvalue weighted by Gasteiger charge is -2.12. The lowest BCUT2D eigenvalue weighted by atomic mass is 9.99. The van der Waals surface area contributed by atoms with Gasteiger partial charge in [-0.2, -0.15) is 4.98 Å². The minimum absolute atomic E-state index is 0.0730. The van der Waals surface area contributed by atoms with Gasteiger partial charge >= 0.3 is 0 Å². The molecule has 33 heavy (non-hydrogen) atoms. The molecule has 0 amide bonds. The Hall–Kier alpha value is -3.97. The third-order valence-corrected chi connectivity index (χ3v) is 5.76. The fourth-order valence-corrected chi connectivity index (χ4v) is 3.98. The Bertz CT molecular complexity index is 1570. The topological polar surface area (TPSA) is 85.8 Å². The van der Waals surface area contributed by atoms with Crippen molar-refractivity contribution in [1.29, 1.82) is 0 Å². The van der Waals surface area contributed by atoms with Crippen molar-refractivity contribution in [2.45, 2.75) is 13.8 Å². The molecule has 5 rings (SSSR count). The summed E-state index contributed by atoms with van der Waals surface area (Å²) in [6.45, 7) is 3.88. The number of hydrogen-bond acceptors (Lipinski definition) is 6. The number of rotatable bonds is 4. The molecule has 0 bridgehead atoms. The van der Waals surface area contributed by atoms with Crippen molar-refractivity contribution in [2.24, 2.45) is 7.05 Å². The molecule has 8 heteroatoms. The number of aryl methyl sites for hydroxylation is 3. The van der Waals surface area contributed by atoms with Gasteiger partial charge in [-0.15, -0.1) is 0 Å². The summed E-state index contributed by atoms with van der Waals surface area (Å²) in [5.74, 6) is 0.671. The van der Waals surface area contributed by atoms with Gasteiger partial charge < -0.3 is 14.4 Å². The molecule has 0 radical (unpaired) electrons. The Morgan fingerprint density at radius 1 is 1.03 bits per heavy atom. The number of benzene rings is 2. The van der Waals surface area contributed by atoms with Gasteiger partial charge in [0.25, 0.3) is 17.4 Å². The van der Waals surface area contributed by atoms with Crippen molar-refractivity contribution in [3.63, 3.8) is 0 Å². The number of halogens is 1. The van der Waals surface area contributed by atoms with Gasteiger partial charge in [0.05, 0.1) is 5.52 Å². The molecule has 2 aromatic carbocycles. The zero-order chi connectivity index (χ0) is 23.1. The van der Waals surface area contributed by atoms with Gasteiger partial charge in [-0.05, 0) is 72.6 Å². The normalized spacial score (nSPS) is 11.2. The monoisotopic (exact) mass is 457 g/mol. The maximum Gasteiger partial charge on any atom is 0.268 e. The van der Waals surface area contributed by atoms with Crippen molar-refractivity contribution in [2.75, 3.05) is 5.32 Å². The van der Waals surface area contributed by atoms with E-state index in [-0.39, 0.29) is 5.56 Å². The average molecular weight is 458 g/mol. The zero-order valence-electron chi connectivity index (χ0n) is 18.3. The fraction of sp³-hybridized carbons (Fsp3) is 0.120. The summed E-state index contributed by atoms with van der Waals surface area (Å²) in [6, 6.07) is 16.8. The molecular formula is C25H20ClN5O2. The summed E-state index contributed by atoms with van der Waals surface area (Å²) in [5, 5.41) is 8.65. The van der Waals surface area contributed by atoms with E-state index in [0.717, 1.165) is 39.0 Å². The first kappa shape index (κ1) is 20.9. The first-order valence-electron chi connectivity index (χ1n) is 10.3. The van der Waals surface area contributed by atoms with Crippen LogP contribution in [0, 0.1) is 13.8 Å². The quantitative estimate of drug-likeness (QED) is 0.374. The Labute approximate surface area is 194 Å². The van der Waals surface area contributed by atoms with Gasteiger partial charge in [-0.25, -0.2) is 0 Å². The van der Waals surface area contributed by atoms with Crippen molar-refractivity contribution in [3.8, 4) is 22.6 Å². The van der Waals surface area contributed by atoms with Crippen LogP contribution in [0.1, 0.15) is 11.3 Å². The van der Waals surface area contributed by atoms with E-state index in [1.807, 2.05) is 56.3 Å². The van der Waals surface area contributed by atoms with E-state index < -0.39 is 0 Å². The Balaban J connectivity index is 1.52. The molecule has 0 aliphatic carbocycles. The Morgan fingerprint density at radius 2 is 1.88 bits per heavy atom. The molecule has 3 aromatic heterocycles. The van der Waals surface area contributed by atoms with Crippen LogP contribution in [0.2, 0.25) is 5.02 Å². The van der Waals surface area contributed by atoms with Crippen molar-refractivity contribution < 1.29 is 4.52 Å². The minimum atomic E-state index is -0.0730. The average Bonchev–Trinajstić information content (AvgIpc) is 3.27. The molecular weight excluding hydrogens is 438 g/mol. The van der Waals surface area contributed by atoms with E-state index in [0.29, 0.717) is 22.4 Å². The molecule has 0 unspecified atom stereocenters. The number of pyridine rings is 2. The van der Waals surface area contributed by atoms with Gasteiger partial charge in [0.15, 0.2) is 0 Å². The van der Waals surface area contributed by atoms with Crippen LogP contribution in [-0.4, -0.2) is 19.7 Å². The third kappa shape index (κ3) is 3.99. The smallest absolute Gasteiger partial charge is 0.268 e. The molecule has 0 spiro atoms. The van der Waals surface area contributed by atoms with Crippen LogP contribution in [0.3, 0.4) is 0 Å². The van der Waals surface area contributed by atoms with Gasteiger partial charge in [0.2, 0.25) is 0 Å². The van der Waals surface area contributed by atoms with Gasteiger partial charge in [0.1, 0.15) is 0 Å². The molecule has 7 nitrogen and oxygen atoms in total. The van der Waals surface area contributed by atoms with E-state index in [1.54, 1.807) is 29.9 Å². The van der Waals surface area contributed by atoms with E-state index >= 15 is 0 Å². The highest BCUT2D eigenvalue weighted by atomic mass is 35.5. The summed E-state index contributed by atoms with van der Waals surface area (Å²) < 4.78 is 7.03. The van der Waals surface area contributed by atoms with Crippen molar-refractivity contribution >= 4 is 34.1 Å². The highest BCUT2D eigenvalue weighted by Crippen LogP contribution is 2.29. The fourth-order valence-electron chi connectivity index (χ4n) is 3.79. The summed E-state index contributed by atoms with van der Waals surface area (Å²) >= 11 is 6.05. The molecule has 3 heterocycles. The summed E-state index contributed by atoms with van der Waals surface area (Å²) in [5.41, 5.74) is 5.51. The molecule has 164 valence electrons. The third-order valence-electron chi connectivity index (χ3n) is 5.53. The molecule has 0 fully saturated rings. The molecule has 0 atom stereocenters. The van der Waals surface area contributed by atoms with Crippen LogP contribution in [0.5, 0.6) is 0 Å². The minimum Gasteiger partial charge on any atom is -0.332 e. The summed E-state index contributed by atoms with van der Waals surface area (Å²) in [7, 11) is 1.78. The largest absolute Gasteiger partial charge is 0.332 e. The zero-order valence-corrected chi connectivity index (χ0v) is 19.0. The summed E-state index contributed by atoms with van der Waals surface area (Å²) in [4.78, 5) is 22.0. The van der Waals surface area contributed by atoms with E-state index in [9.17, 15) is 4.79 Å². The maximum absolute atomic E-state index is 13.2. The van der Waals surface area contributed by atoms with E-state index in [2.05, 4.69) is 20.4 Å². The van der Waals surface area contributed by atoms with Crippen molar-refractivity contribution in [1.82, 2.24) is 19.7 Å². The lowest BCUT2D eigenvalue weighted by Crippen LogP contribution is -2.19. The highest BCUT2D eigenvalue weighted by molar-refractivity contribution is 6.30. The van der Waals surface area contributed by atoms with Gasteiger partial charge in [0, 0.05) is 46.2 Å². The SMILES string of the molecule is Cc1cc2c(cn1)cc(-c1cc(Nc3noc(-c4cccc(Cl)c4)n3)ccc1C)c(=O)n2C. The summed E-state index contributed by atoms with van der Waals surface area (Å²) in [6.07, 6.45) is 1.79. The van der Waals surface area contributed by atoms with E-state index in [4.69, 9.17) is 16.1 Å². The van der Waals surface area contributed by atoms with Crippen LogP contribution in [0.15, 0.2) is 70.1 Å². The standard InChI is InChI=1S/C25H20ClN5O2/c1-14-7-8-19(28-25-29-23(33-30-25)16-5-4-6-18(26)10-16)12-20(14)21-11-17-13-27-15(2)9-22(17)31(3)24(21)32/h4-13H,1-3H3,(H,28,30). The van der Waals surface area contributed by atoms with Crippen LogP contribution in [0.25, 0.3) is 33.5 Å². The molecule has 5 aromatic rings. The second-order valence-electron chi connectivity index (χ2n) is 7.89. The predicted molar refractivity (Wildman–Crippen MR) is 130 cm³/mol. The lowest BCUT2D eigenvalue weighted by molar-refractivity contribution is 0.433. The molecule has 0 saturated heterocycles. The number of nitrogens with one attached hydrogen (secondary N) is 1. The number of aromatic nitrogens is 4. The maximum atomic E-state index is 13.2. The van der Waals surface area contributed by atoms with Crippen LogP contribution >= 0.6 is 11.6 Å². The Kier molecular flexibility index (Phi) is 5.18. The second kappa shape index (κ2) is 8.18. The molecule has 1 N–H and O–H groups in total. The number of fused-ring (bicyclic) bond motifs is 1. The Morgan fingerprint density at radius 3 is 2.70 bits per heavy atom. The van der Waals surface area contributed by atoms with E-state index in [1.165, 1.54) is 0 Å². The van der Waals surface area contributed by atoms with Gasteiger partial charge in [-0.1, -0.05) is 23.7 Å². The van der Waals surface area contributed by atoms with Crippen LogP contribution in [-0.2, 0) is 7.05 Å². The van der Waals surface area contributed by atoms with Crippen molar-refractivity contribution in [3.05, 3.63) is 87.4 Å². The number of nitrogens with zero attached hydrogens (tertiary/aromatic N) is 4. The first-order chi connectivity index (χ1) is 15.9. The van der Waals surface area contributed by atoms with Crippen LogP contribution < -0.4 is 10.9 Å². The van der Waals surface area contributed by atoms with Gasteiger partial charge in [-0.3, -0.25) is 9.78 Å². The number of hydrogen-bond donors (Lipinski definition) is 1. The molecule has 0 aliphatic heterocycles. The second-order valence-corrected chi connectivity index (χ2v) is 8.33. The predicted octanol–water partition coefficient (Wildman–Crippen LogP) is 5.66. The number of anilines is 2. The molecule has 0 saturated carbocycles. The highest BCUT2D eigenvalue weighted by Gasteiger charge is 2.14.